The lowest BCUT2D eigenvalue weighted by atomic mass is 9.98. The first-order valence-electron chi connectivity index (χ1n) is 7.65. The first-order chi connectivity index (χ1) is 10.7. The third-order valence-electron chi connectivity index (χ3n) is 4.35. The van der Waals surface area contributed by atoms with Gasteiger partial charge >= 0.3 is 0 Å². The monoisotopic (exact) mass is 296 g/mol. The zero-order chi connectivity index (χ0) is 15.5. The fourth-order valence-corrected chi connectivity index (χ4v) is 3.11. The fourth-order valence-electron chi connectivity index (χ4n) is 3.11. The van der Waals surface area contributed by atoms with E-state index in [4.69, 9.17) is 0 Å². The Bertz CT molecular complexity index is 670. The van der Waals surface area contributed by atoms with Crippen LogP contribution in [-0.2, 0) is 0 Å². The quantitative estimate of drug-likeness (QED) is 0.947. The first kappa shape index (κ1) is 14.7. The second kappa shape index (κ2) is 6.28. The van der Waals surface area contributed by atoms with Gasteiger partial charge in [0.1, 0.15) is 0 Å². The van der Waals surface area contributed by atoms with Gasteiger partial charge in [0.05, 0.1) is 18.3 Å². The van der Waals surface area contributed by atoms with Crippen LogP contribution >= 0.6 is 0 Å². The van der Waals surface area contributed by atoms with Crippen LogP contribution in [0, 0.1) is 6.92 Å². The molecule has 1 aromatic carbocycles. The summed E-state index contributed by atoms with van der Waals surface area (Å²) in [4.78, 5) is 19.0. The highest BCUT2D eigenvalue weighted by molar-refractivity contribution is 5.97. The van der Waals surface area contributed by atoms with E-state index in [2.05, 4.69) is 4.98 Å². The smallest absolute Gasteiger partial charge is 0.254 e. The molecule has 4 nitrogen and oxygen atoms in total. The van der Waals surface area contributed by atoms with E-state index in [0.717, 1.165) is 36.2 Å². The van der Waals surface area contributed by atoms with Crippen molar-refractivity contribution in [2.75, 3.05) is 13.2 Å². The van der Waals surface area contributed by atoms with E-state index >= 15 is 0 Å². The molecular formula is C18H20N2O2. The van der Waals surface area contributed by atoms with Crippen molar-refractivity contribution in [3.63, 3.8) is 0 Å². The maximum Gasteiger partial charge on any atom is 0.254 e. The summed E-state index contributed by atoms with van der Waals surface area (Å²) in [5, 5.41) is 9.43. The average Bonchev–Trinajstić information content (AvgIpc) is 3.04. The Morgan fingerprint density at radius 1 is 1.32 bits per heavy atom. The normalized spacial score (nSPS) is 17.7. The van der Waals surface area contributed by atoms with Gasteiger partial charge in [0.15, 0.2) is 0 Å². The molecule has 1 aromatic heterocycles. The Labute approximate surface area is 130 Å². The van der Waals surface area contributed by atoms with Gasteiger partial charge in [-0.05, 0) is 43.5 Å². The number of carbonyl (C=O) groups excluding carboxylic acids is 1. The molecule has 0 bridgehead atoms. The fraction of sp³-hybridized carbons (Fsp3) is 0.333. The molecule has 1 N–H and O–H groups in total. The number of nitrogens with zero attached hydrogens (tertiary/aromatic N) is 2. The lowest BCUT2D eigenvalue weighted by Gasteiger charge is -2.24. The number of pyridine rings is 1. The van der Waals surface area contributed by atoms with Crippen LogP contribution in [0.1, 0.15) is 28.8 Å². The predicted octanol–water partition coefficient (Wildman–Crippen LogP) is 2.65. The van der Waals surface area contributed by atoms with Crippen molar-refractivity contribution < 1.29 is 9.90 Å². The van der Waals surface area contributed by atoms with Crippen LogP contribution in [0.25, 0.3) is 11.3 Å². The number of hydrogen-bond donors (Lipinski definition) is 1. The van der Waals surface area contributed by atoms with Crippen molar-refractivity contribution in [1.29, 1.82) is 0 Å². The molecule has 114 valence electrons. The molecule has 0 radical (unpaired) electrons. The van der Waals surface area contributed by atoms with E-state index in [1.807, 2.05) is 43.3 Å². The summed E-state index contributed by atoms with van der Waals surface area (Å²) in [7, 11) is 0. The molecule has 2 heterocycles. The summed E-state index contributed by atoms with van der Waals surface area (Å²) in [6.45, 7) is 2.71. The minimum Gasteiger partial charge on any atom is -0.394 e. The molecule has 1 aliphatic rings. The molecule has 1 amide bonds. The second-order valence-corrected chi connectivity index (χ2v) is 5.67. The zero-order valence-electron chi connectivity index (χ0n) is 12.7. The molecule has 1 saturated heterocycles. The SMILES string of the molecule is Cc1c(C(=O)N2CCC[C@@H]2CO)cccc1-c1ccccn1. The Morgan fingerprint density at radius 3 is 2.91 bits per heavy atom. The summed E-state index contributed by atoms with van der Waals surface area (Å²) in [5.74, 6) is 0.00633. The molecule has 22 heavy (non-hydrogen) atoms. The van der Waals surface area contributed by atoms with Gasteiger partial charge in [-0.1, -0.05) is 18.2 Å². The Balaban J connectivity index is 1.97. The Morgan fingerprint density at radius 2 is 2.18 bits per heavy atom. The first-order valence-corrected chi connectivity index (χ1v) is 7.65. The van der Waals surface area contributed by atoms with Gasteiger partial charge in [0.2, 0.25) is 0 Å². The van der Waals surface area contributed by atoms with E-state index in [0.29, 0.717) is 5.56 Å². The number of aromatic nitrogens is 1. The largest absolute Gasteiger partial charge is 0.394 e. The van der Waals surface area contributed by atoms with E-state index in [9.17, 15) is 9.90 Å². The zero-order valence-corrected chi connectivity index (χ0v) is 12.7. The highest BCUT2D eigenvalue weighted by atomic mass is 16.3. The maximum absolute atomic E-state index is 12.8. The van der Waals surface area contributed by atoms with Crippen LogP contribution in [0.5, 0.6) is 0 Å². The van der Waals surface area contributed by atoms with Gasteiger partial charge in [0, 0.05) is 23.9 Å². The van der Waals surface area contributed by atoms with Crippen molar-refractivity contribution in [1.82, 2.24) is 9.88 Å². The summed E-state index contributed by atoms with van der Waals surface area (Å²) in [6.07, 6.45) is 3.59. The van der Waals surface area contributed by atoms with Crippen molar-refractivity contribution in [3.05, 3.63) is 53.7 Å². The van der Waals surface area contributed by atoms with Crippen molar-refractivity contribution >= 4 is 5.91 Å². The third-order valence-corrected chi connectivity index (χ3v) is 4.35. The minimum absolute atomic E-state index is 0.00633. The van der Waals surface area contributed by atoms with Crippen LogP contribution in [-0.4, -0.2) is 40.1 Å². The third kappa shape index (κ3) is 2.62. The summed E-state index contributed by atoms with van der Waals surface area (Å²) >= 11 is 0. The van der Waals surface area contributed by atoms with Gasteiger partial charge in [-0.2, -0.15) is 0 Å². The number of aliphatic hydroxyl groups is 1. The van der Waals surface area contributed by atoms with Gasteiger partial charge in [-0.3, -0.25) is 9.78 Å². The second-order valence-electron chi connectivity index (χ2n) is 5.67. The number of hydrogen-bond acceptors (Lipinski definition) is 3. The van der Waals surface area contributed by atoms with Crippen LogP contribution in [0.3, 0.4) is 0 Å². The number of amides is 1. The number of likely N-dealkylation sites (tertiary alicyclic amines) is 1. The molecule has 0 unspecified atom stereocenters. The lowest BCUT2D eigenvalue weighted by molar-refractivity contribution is 0.0677. The maximum atomic E-state index is 12.8. The number of benzene rings is 1. The Hall–Kier alpha value is -2.20. The molecule has 0 spiro atoms. The van der Waals surface area contributed by atoms with E-state index in [1.54, 1.807) is 11.1 Å². The summed E-state index contributed by atoms with van der Waals surface area (Å²) < 4.78 is 0. The lowest BCUT2D eigenvalue weighted by Crippen LogP contribution is -2.38. The molecule has 1 fully saturated rings. The van der Waals surface area contributed by atoms with E-state index < -0.39 is 0 Å². The van der Waals surface area contributed by atoms with Gasteiger partial charge < -0.3 is 10.0 Å². The van der Waals surface area contributed by atoms with Crippen molar-refractivity contribution in [2.24, 2.45) is 0 Å². The molecule has 4 heteroatoms. The van der Waals surface area contributed by atoms with Gasteiger partial charge in [-0.25, -0.2) is 0 Å². The highest BCUT2D eigenvalue weighted by Gasteiger charge is 2.29. The highest BCUT2D eigenvalue weighted by Crippen LogP contribution is 2.27. The van der Waals surface area contributed by atoms with Gasteiger partial charge in [-0.15, -0.1) is 0 Å². The average molecular weight is 296 g/mol. The predicted molar refractivity (Wildman–Crippen MR) is 85.6 cm³/mol. The minimum atomic E-state index is -0.0505. The number of rotatable bonds is 3. The molecule has 1 aliphatic heterocycles. The summed E-state index contributed by atoms with van der Waals surface area (Å²) in [5.41, 5.74) is 3.49. The number of aliphatic hydroxyl groups excluding tert-OH is 1. The molecule has 2 aromatic rings. The molecule has 1 atom stereocenters. The van der Waals surface area contributed by atoms with E-state index in [-0.39, 0.29) is 18.6 Å². The molecular weight excluding hydrogens is 276 g/mol. The van der Waals surface area contributed by atoms with E-state index in [1.165, 1.54) is 0 Å². The van der Waals surface area contributed by atoms with Crippen molar-refractivity contribution in [2.45, 2.75) is 25.8 Å². The molecule has 3 rings (SSSR count). The standard InChI is InChI=1S/C18H20N2O2/c1-13-15(17-9-2-3-10-19-17)7-4-8-16(13)18(22)20-11-5-6-14(20)12-21/h2-4,7-10,14,21H,5-6,11-12H2,1H3/t14-/m1/s1. The van der Waals surface area contributed by atoms with Crippen molar-refractivity contribution in [3.8, 4) is 11.3 Å². The number of carbonyl (C=O) groups is 1. The Kier molecular flexibility index (Phi) is 4.20. The van der Waals surface area contributed by atoms with Crippen LogP contribution in [0.15, 0.2) is 42.6 Å². The molecule has 0 aliphatic carbocycles. The van der Waals surface area contributed by atoms with Gasteiger partial charge in [0.25, 0.3) is 5.91 Å². The summed E-state index contributed by atoms with van der Waals surface area (Å²) in [6, 6.07) is 11.5. The van der Waals surface area contributed by atoms with Crippen LogP contribution in [0.4, 0.5) is 0 Å². The van der Waals surface area contributed by atoms with Crippen LogP contribution < -0.4 is 0 Å². The molecule has 0 saturated carbocycles. The van der Waals surface area contributed by atoms with Crippen LogP contribution in [0.2, 0.25) is 0 Å². The topological polar surface area (TPSA) is 53.4 Å².